The van der Waals surface area contributed by atoms with Crippen LogP contribution in [-0.4, -0.2) is 60.9 Å². The first-order valence-corrected chi connectivity index (χ1v) is 17.6. The van der Waals surface area contributed by atoms with Crippen LogP contribution in [0.1, 0.15) is 18.3 Å². The second-order valence-corrected chi connectivity index (χ2v) is 14.0. The minimum atomic E-state index is -4.33. The standard InChI is InChI=1S/C35H32ClN5O5S2/c1-5-40(20-24-9-6-7-16-37-24)34(42)21-41(48(43,44)25-12-15-31(45-3)32(19-25)46-4)30-11-8-10-28-26(30)13-14-29(38-28)27-17-23(36)18-33-35(27)22(2)39-47-33/h6-19H,5,20-21H2,1-4H3. The number of hydrogen-bond donors (Lipinski definition) is 0. The molecule has 0 radical (unpaired) electrons. The molecule has 48 heavy (non-hydrogen) atoms. The molecule has 0 aliphatic rings. The Hall–Kier alpha value is -4.78. The number of fused-ring (bicyclic) bond motifs is 2. The van der Waals surface area contributed by atoms with Gasteiger partial charge in [0, 0.05) is 40.2 Å². The molecule has 0 unspecified atom stereocenters. The van der Waals surface area contributed by atoms with Gasteiger partial charge in [-0.3, -0.25) is 14.1 Å². The molecule has 3 heterocycles. The molecule has 1 amide bonds. The average Bonchev–Trinajstić information content (AvgIpc) is 3.48. The Bertz CT molecular complexity index is 2250. The molecule has 10 nitrogen and oxygen atoms in total. The molecule has 0 bridgehead atoms. The van der Waals surface area contributed by atoms with Gasteiger partial charge in [0.05, 0.1) is 58.6 Å². The summed E-state index contributed by atoms with van der Waals surface area (Å²) in [6, 6.07) is 22.4. The number of hydrogen-bond acceptors (Lipinski definition) is 9. The summed E-state index contributed by atoms with van der Waals surface area (Å²) in [5, 5.41) is 2.07. The molecule has 0 N–H and O–H groups in total. The van der Waals surface area contributed by atoms with Crippen molar-refractivity contribution in [2.45, 2.75) is 25.3 Å². The predicted octanol–water partition coefficient (Wildman–Crippen LogP) is 7.13. The maximum Gasteiger partial charge on any atom is 0.264 e. The Morgan fingerprint density at radius 3 is 2.50 bits per heavy atom. The van der Waals surface area contributed by atoms with Gasteiger partial charge in [-0.15, -0.1) is 0 Å². The second kappa shape index (κ2) is 13.8. The number of aromatic nitrogens is 3. The number of sulfonamides is 1. The zero-order chi connectivity index (χ0) is 34.0. The number of nitrogens with zero attached hydrogens (tertiary/aromatic N) is 5. The van der Waals surface area contributed by atoms with Crippen LogP contribution in [0.3, 0.4) is 0 Å². The van der Waals surface area contributed by atoms with Gasteiger partial charge in [0.2, 0.25) is 5.91 Å². The van der Waals surface area contributed by atoms with Crippen LogP contribution in [-0.2, 0) is 21.4 Å². The Labute approximate surface area is 287 Å². The fourth-order valence-electron chi connectivity index (χ4n) is 5.59. The fraction of sp³-hybridized carbons (Fsp3) is 0.200. The third-order valence-corrected chi connectivity index (χ3v) is 10.9. The largest absolute Gasteiger partial charge is 0.493 e. The first kappa shape index (κ1) is 33.1. The molecule has 0 saturated carbocycles. The summed E-state index contributed by atoms with van der Waals surface area (Å²) in [6.07, 6.45) is 1.66. The summed E-state index contributed by atoms with van der Waals surface area (Å²) in [6.45, 7) is 3.90. The van der Waals surface area contributed by atoms with Crippen LogP contribution in [0.2, 0.25) is 5.02 Å². The van der Waals surface area contributed by atoms with Gasteiger partial charge in [0.15, 0.2) is 11.5 Å². The van der Waals surface area contributed by atoms with Crippen molar-refractivity contribution in [3.63, 3.8) is 0 Å². The molecular weight excluding hydrogens is 670 g/mol. The van der Waals surface area contributed by atoms with E-state index in [0.717, 1.165) is 25.6 Å². The Morgan fingerprint density at radius 1 is 0.958 bits per heavy atom. The smallest absolute Gasteiger partial charge is 0.264 e. The van der Waals surface area contributed by atoms with E-state index in [0.29, 0.717) is 45.3 Å². The lowest BCUT2D eigenvalue weighted by atomic mass is 10.0. The highest BCUT2D eigenvalue weighted by atomic mass is 35.5. The van der Waals surface area contributed by atoms with Gasteiger partial charge in [-0.2, -0.15) is 4.37 Å². The van der Waals surface area contributed by atoms with Crippen molar-refractivity contribution in [1.82, 2.24) is 19.2 Å². The van der Waals surface area contributed by atoms with Crippen LogP contribution in [0.15, 0.2) is 90.0 Å². The molecule has 3 aromatic carbocycles. The van der Waals surface area contributed by atoms with Gasteiger partial charge in [0.1, 0.15) is 6.54 Å². The summed E-state index contributed by atoms with van der Waals surface area (Å²) in [5.41, 5.74) is 3.89. The molecule has 0 fully saturated rings. The molecule has 6 rings (SSSR count). The normalized spacial score (nSPS) is 11.5. The first-order chi connectivity index (χ1) is 23.1. The van der Waals surface area contributed by atoms with E-state index < -0.39 is 22.5 Å². The van der Waals surface area contributed by atoms with Crippen LogP contribution in [0, 0.1) is 6.92 Å². The van der Waals surface area contributed by atoms with Gasteiger partial charge in [-0.05, 0) is 86.0 Å². The van der Waals surface area contributed by atoms with E-state index in [4.69, 9.17) is 26.1 Å². The number of benzene rings is 3. The number of likely N-dealkylation sites (N-methyl/N-ethyl adjacent to an activating group) is 1. The monoisotopic (exact) mass is 701 g/mol. The van der Waals surface area contributed by atoms with E-state index in [-0.39, 0.29) is 17.2 Å². The van der Waals surface area contributed by atoms with E-state index in [9.17, 15) is 13.2 Å². The molecule has 13 heteroatoms. The van der Waals surface area contributed by atoms with E-state index in [1.807, 2.05) is 56.3 Å². The van der Waals surface area contributed by atoms with Crippen molar-refractivity contribution < 1.29 is 22.7 Å². The molecule has 6 aromatic rings. The number of carbonyl (C=O) groups excluding carboxylic acids is 1. The van der Waals surface area contributed by atoms with Gasteiger partial charge in [0.25, 0.3) is 10.0 Å². The Kier molecular flexibility index (Phi) is 9.49. The van der Waals surface area contributed by atoms with Crippen LogP contribution >= 0.6 is 23.1 Å². The van der Waals surface area contributed by atoms with E-state index in [1.54, 1.807) is 29.3 Å². The third kappa shape index (κ3) is 6.38. The zero-order valence-corrected chi connectivity index (χ0v) is 29.1. The van der Waals surface area contributed by atoms with E-state index in [1.165, 1.54) is 44.0 Å². The highest BCUT2D eigenvalue weighted by molar-refractivity contribution is 7.92. The van der Waals surface area contributed by atoms with Gasteiger partial charge in [-0.25, -0.2) is 13.4 Å². The maximum absolute atomic E-state index is 14.5. The quantitative estimate of drug-likeness (QED) is 0.140. The molecule has 246 valence electrons. The van der Waals surface area contributed by atoms with Crippen LogP contribution in [0.25, 0.3) is 32.2 Å². The summed E-state index contributed by atoms with van der Waals surface area (Å²) < 4.78 is 46.4. The van der Waals surface area contributed by atoms with Gasteiger partial charge < -0.3 is 14.4 Å². The number of carbonyl (C=O) groups is 1. The maximum atomic E-state index is 14.5. The number of rotatable bonds is 11. The highest BCUT2D eigenvalue weighted by Crippen LogP contribution is 2.38. The summed E-state index contributed by atoms with van der Waals surface area (Å²) in [7, 11) is -1.42. The van der Waals surface area contributed by atoms with Gasteiger partial charge >= 0.3 is 0 Å². The van der Waals surface area contributed by atoms with Crippen molar-refractivity contribution in [1.29, 1.82) is 0 Å². The molecule has 0 aliphatic carbocycles. The predicted molar refractivity (Wildman–Crippen MR) is 190 cm³/mol. The van der Waals surface area contributed by atoms with Crippen molar-refractivity contribution >= 4 is 65.7 Å². The molecule has 0 saturated heterocycles. The summed E-state index contributed by atoms with van der Waals surface area (Å²) in [4.78, 5) is 24.7. The number of halogens is 1. The topological polar surface area (TPSA) is 115 Å². The number of amides is 1. The Morgan fingerprint density at radius 2 is 1.77 bits per heavy atom. The zero-order valence-electron chi connectivity index (χ0n) is 26.7. The molecule has 3 aromatic heterocycles. The third-order valence-electron chi connectivity index (χ3n) is 8.00. The van der Waals surface area contributed by atoms with Crippen molar-refractivity contribution in [3.05, 3.63) is 101 Å². The lowest BCUT2D eigenvalue weighted by Crippen LogP contribution is -2.43. The molecule has 0 aliphatic heterocycles. The SMILES string of the molecule is CCN(Cc1ccccn1)C(=O)CN(c1cccc2nc(-c3cc(Cl)cc4snc(C)c34)ccc12)S(=O)(=O)c1ccc(OC)c(OC)c1. The fourth-order valence-corrected chi connectivity index (χ4v) is 8.18. The first-order valence-electron chi connectivity index (χ1n) is 15.0. The number of aryl methyl sites for hydroxylation is 1. The van der Waals surface area contributed by atoms with E-state index >= 15 is 0 Å². The van der Waals surface area contributed by atoms with Crippen LogP contribution < -0.4 is 13.8 Å². The lowest BCUT2D eigenvalue weighted by molar-refractivity contribution is -0.130. The van der Waals surface area contributed by atoms with Crippen LogP contribution in [0.5, 0.6) is 11.5 Å². The lowest BCUT2D eigenvalue weighted by Gasteiger charge is -2.29. The van der Waals surface area contributed by atoms with Gasteiger partial charge in [-0.1, -0.05) is 23.7 Å². The van der Waals surface area contributed by atoms with Crippen molar-refractivity contribution in [3.8, 4) is 22.8 Å². The molecule has 0 spiro atoms. The Balaban J connectivity index is 1.47. The number of anilines is 1. The second-order valence-electron chi connectivity index (χ2n) is 10.9. The minimum absolute atomic E-state index is 0.0657. The average molecular weight is 702 g/mol. The van der Waals surface area contributed by atoms with Crippen molar-refractivity contribution in [2.24, 2.45) is 0 Å². The molecular formula is C35H32ClN5O5S2. The minimum Gasteiger partial charge on any atom is -0.493 e. The number of pyridine rings is 2. The van der Waals surface area contributed by atoms with Crippen molar-refractivity contribution in [2.75, 3.05) is 31.6 Å². The van der Waals surface area contributed by atoms with E-state index in [2.05, 4.69) is 9.36 Å². The molecule has 0 atom stereocenters. The number of ether oxygens (including phenoxy) is 2. The summed E-state index contributed by atoms with van der Waals surface area (Å²) in [5.74, 6) is 0.223. The highest BCUT2D eigenvalue weighted by Gasteiger charge is 2.31. The number of methoxy groups -OCH3 is 2. The summed E-state index contributed by atoms with van der Waals surface area (Å²) >= 11 is 7.85. The van der Waals surface area contributed by atoms with Crippen LogP contribution in [0.4, 0.5) is 5.69 Å².